The van der Waals surface area contributed by atoms with Crippen LogP contribution in [0.25, 0.3) is 0 Å². The topological polar surface area (TPSA) is 34.1 Å². The van der Waals surface area contributed by atoms with Gasteiger partial charge in [-0.1, -0.05) is 15.9 Å². The first-order valence-electron chi connectivity index (χ1n) is 3.98. The van der Waals surface area contributed by atoms with Gasteiger partial charge in [0.2, 0.25) is 0 Å². The fourth-order valence-electron chi connectivity index (χ4n) is 1.05. The van der Waals surface area contributed by atoms with Crippen molar-refractivity contribution in [1.29, 1.82) is 0 Å². The summed E-state index contributed by atoms with van der Waals surface area (Å²) < 4.78 is 12.9. The summed E-state index contributed by atoms with van der Waals surface area (Å²) in [6.07, 6.45) is 0.513. The maximum Gasteiger partial charge on any atom is 0.176 e. The number of carbonyl (C=O) groups excluding carboxylic acids is 2. The van der Waals surface area contributed by atoms with Crippen LogP contribution in [-0.4, -0.2) is 16.9 Å². The van der Waals surface area contributed by atoms with Crippen LogP contribution in [0.5, 0.6) is 0 Å². The van der Waals surface area contributed by atoms with Crippen LogP contribution in [0.3, 0.4) is 0 Å². The van der Waals surface area contributed by atoms with E-state index < -0.39 is 5.82 Å². The van der Waals surface area contributed by atoms with Gasteiger partial charge in [0.15, 0.2) is 5.78 Å². The van der Waals surface area contributed by atoms with Crippen molar-refractivity contribution in [3.63, 3.8) is 0 Å². The lowest BCUT2D eigenvalue weighted by Gasteiger charge is -2.03. The van der Waals surface area contributed by atoms with E-state index in [2.05, 4.69) is 15.9 Å². The van der Waals surface area contributed by atoms with Crippen LogP contribution in [0, 0.1) is 5.82 Å². The Balaban J connectivity index is 3.15. The highest BCUT2D eigenvalue weighted by Crippen LogP contribution is 2.13. The van der Waals surface area contributed by atoms with Crippen molar-refractivity contribution >= 4 is 28.0 Å². The lowest BCUT2D eigenvalue weighted by molar-refractivity contribution is 0.0995. The molecule has 0 N–H and O–H groups in total. The molecule has 1 atom stereocenters. The molecule has 0 heterocycles. The van der Waals surface area contributed by atoms with Crippen LogP contribution >= 0.6 is 15.9 Å². The third-order valence-electron chi connectivity index (χ3n) is 1.70. The lowest BCUT2D eigenvalue weighted by Crippen LogP contribution is -2.10. The number of ketones is 1. The average molecular weight is 259 g/mol. The second kappa shape index (κ2) is 4.46. The number of Topliss-reactive ketones (excluding diaryl/α,β-unsaturated/α-hetero) is 1. The maximum absolute atomic E-state index is 12.9. The van der Waals surface area contributed by atoms with Crippen LogP contribution in [0.4, 0.5) is 4.39 Å². The third kappa shape index (κ3) is 2.48. The molecule has 4 heteroatoms. The smallest absolute Gasteiger partial charge is 0.176 e. The maximum atomic E-state index is 12.9. The van der Waals surface area contributed by atoms with Crippen LogP contribution < -0.4 is 0 Å². The molecule has 1 aromatic rings. The first kappa shape index (κ1) is 11.0. The van der Waals surface area contributed by atoms with Gasteiger partial charge in [0.25, 0.3) is 0 Å². The second-order valence-corrected chi connectivity index (χ2v) is 4.24. The molecular weight excluding hydrogens is 251 g/mol. The summed E-state index contributed by atoms with van der Waals surface area (Å²) in [6, 6.07) is 3.58. The number of hydrogen-bond donors (Lipinski definition) is 0. The molecular formula is C10H8BrFO2. The lowest BCUT2D eigenvalue weighted by atomic mass is 10.1. The van der Waals surface area contributed by atoms with Crippen molar-refractivity contribution in [3.05, 3.63) is 35.1 Å². The number of alkyl halides is 1. The quantitative estimate of drug-likeness (QED) is 0.475. The SMILES string of the molecule is CC(Br)C(=O)c1cc(F)cc(C=O)c1. The number of carbonyl (C=O) groups is 2. The number of aldehydes is 1. The van der Waals surface area contributed by atoms with Crippen molar-refractivity contribution in [2.75, 3.05) is 0 Å². The van der Waals surface area contributed by atoms with Gasteiger partial charge in [0, 0.05) is 11.1 Å². The van der Waals surface area contributed by atoms with E-state index in [1.165, 1.54) is 6.07 Å². The first-order chi connectivity index (χ1) is 6.54. The summed E-state index contributed by atoms with van der Waals surface area (Å²) in [5, 5.41) is 0. The van der Waals surface area contributed by atoms with E-state index in [0.29, 0.717) is 6.29 Å². The molecule has 2 nitrogen and oxygen atoms in total. The Kier molecular flexibility index (Phi) is 3.52. The minimum absolute atomic E-state index is 0.168. The highest BCUT2D eigenvalue weighted by Gasteiger charge is 2.13. The molecule has 0 spiro atoms. The van der Waals surface area contributed by atoms with Crippen LogP contribution in [-0.2, 0) is 0 Å². The van der Waals surface area contributed by atoms with Crippen molar-refractivity contribution in [3.8, 4) is 0 Å². The van der Waals surface area contributed by atoms with Crippen LogP contribution in [0.1, 0.15) is 27.6 Å². The Labute approximate surface area is 89.2 Å². The van der Waals surface area contributed by atoms with Gasteiger partial charge >= 0.3 is 0 Å². The fourth-order valence-corrected chi connectivity index (χ4v) is 1.32. The van der Waals surface area contributed by atoms with Gasteiger partial charge in [-0.25, -0.2) is 4.39 Å². The number of benzene rings is 1. The molecule has 0 amide bonds. The summed E-state index contributed by atoms with van der Waals surface area (Å²) in [4.78, 5) is 21.5. The molecule has 0 saturated carbocycles. The zero-order chi connectivity index (χ0) is 10.7. The molecule has 1 unspecified atom stereocenters. The number of rotatable bonds is 3. The molecule has 74 valence electrons. The van der Waals surface area contributed by atoms with E-state index in [1.807, 2.05) is 0 Å². The Hall–Kier alpha value is -1.03. The highest BCUT2D eigenvalue weighted by atomic mass is 79.9. The van der Waals surface area contributed by atoms with Crippen molar-refractivity contribution in [1.82, 2.24) is 0 Å². The first-order valence-corrected chi connectivity index (χ1v) is 4.90. The summed E-state index contributed by atoms with van der Waals surface area (Å²) in [5.74, 6) is -0.821. The Bertz CT molecular complexity index is 374. The van der Waals surface area contributed by atoms with Gasteiger partial charge in [0.1, 0.15) is 12.1 Å². The summed E-state index contributed by atoms with van der Waals surface area (Å²) >= 11 is 3.09. The predicted octanol–water partition coefficient (Wildman–Crippen LogP) is 2.60. The number of hydrogen-bond acceptors (Lipinski definition) is 2. The molecule has 0 radical (unpaired) electrons. The van der Waals surface area contributed by atoms with Gasteiger partial charge in [-0.2, -0.15) is 0 Å². The Morgan fingerprint density at radius 2 is 2.14 bits per heavy atom. The minimum Gasteiger partial charge on any atom is -0.298 e. The molecule has 0 aliphatic carbocycles. The molecule has 0 fully saturated rings. The van der Waals surface area contributed by atoms with Crippen molar-refractivity contribution in [2.24, 2.45) is 0 Å². The standard InChI is InChI=1S/C10H8BrFO2/c1-6(11)10(14)8-2-7(5-13)3-9(12)4-8/h2-6H,1H3. The zero-order valence-corrected chi connectivity index (χ0v) is 9.05. The third-order valence-corrected chi connectivity index (χ3v) is 2.12. The second-order valence-electron chi connectivity index (χ2n) is 2.87. The normalized spacial score (nSPS) is 12.2. The van der Waals surface area contributed by atoms with Gasteiger partial charge in [-0.15, -0.1) is 0 Å². The molecule has 0 bridgehead atoms. The minimum atomic E-state index is -0.578. The molecule has 0 saturated heterocycles. The van der Waals surface area contributed by atoms with Gasteiger partial charge < -0.3 is 0 Å². The fraction of sp³-hybridized carbons (Fsp3) is 0.200. The van der Waals surface area contributed by atoms with Crippen molar-refractivity contribution < 1.29 is 14.0 Å². The zero-order valence-electron chi connectivity index (χ0n) is 7.46. The Morgan fingerprint density at radius 1 is 1.50 bits per heavy atom. The van der Waals surface area contributed by atoms with Gasteiger partial charge in [-0.05, 0) is 25.1 Å². The van der Waals surface area contributed by atoms with E-state index in [9.17, 15) is 14.0 Å². The van der Waals surface area contributed by atoms with E-state index in [1.54, 1.807) is 6.92 Å². The average Bonchev–Trinajstić information content (AvgIpc) is 2.15. The highest BCUT2D eigenvalue weighted by molar-refractivity contribution is 9.10. The number of halogens is 2. The van der Waals surface area contributed by atoms with Crippen LogP contribution in [0.15, 0.2) is 18.2 Å². The van der Waals surface area contributed by atoms with Gasteiger partial charge in [-0.3, -0.25) is 9.59 Å². The monoisotopic (exact) mass is 258 g/mol. The van der Waals surface area contributed by atoms with E-state index in [-0.39, 0.29) is 21.7 Å². The summed E-state index contributed by atoms with van der Waals surface area (Å²) in [7, 11) is 0. The van der Waals surface area contributed by atoms with E-state index in [4.69, 9.17) is 0 Å². The van der Waals surface area contributed by atoms with Gasteiger partial charge in [0.05, 0.1) is 4.83 Å². The van der Waals surface area contributed by atoms with Crippen LogP contribution in [0.2, 0.25) is 0 Å². The van der Waals surface area contributed by atoms with E-state index in [0.717, 1.165) is 12.1 Å². The molecule has 1 rings (SSSR count). The Morgan fingerprint density at radius 3 is 2.64 bits per heavy atom. The molecule has 0 aromatic heterocycles. The summed E-state index contributed by atoms with van der Waals surface area (Å²) in [6.45, 7) is 1.65. The summed E-state index contributed by atoms with van der Waals surface area (Å²) in [5.41, 5.74) is 0.373. The molecule has 0 aliphatic rings. The largest absolute Gasteiger partial charge is 0.298 e. The van der Waals surface area contributed by atoms with Crippen molar-refractivity contribution in [2.45, 2.75) is 11.8 Å². The predicted molar refractivity (Wildman–Crippen MR) is 54.5 cm³/mol. The molecule has 14 heavy (non-hydrogen) atoms. The molecule has 0 aliphatic heterocycles. The van der Waals surface area contributed by atoms with E-state index >= 15 is 0 Å². The molecule has 1 aromatic carbocycles.